The molecule has 0 aliphatic carbocycles. The van der Waals surface area contributed by atoms with Crippen LogP contribution in [0.3, 0.4) is 0 Å². The van der Waals surface area contributed by atoms with Gasteiger partial charge >= 0.3 is 0 Å². The molecule has 2 aromatic carbocycles. The summed E-state index contributed by atoms with van der Waals surface area (Å²) in [5, 5.41) is 10.8. The number of carbonyl (C=O) groups excluding carboxylic acids is 2. The molecule has 2 N–H and O–H groups in total. The van der Waals surface area contributed by atoms with Crippen LogP contribution in [0.5, 0.6) is 0 Å². The maximum absolute atomic E-state index is 14.1. The third-order valence-electron chi connectivity index (χ3n) is 5.18. The minimum Gasteiger partial charge on any atom is -0.326 e. The van der Waals surface area contributed by atoms with E-state index in [1.807, 2.05) is 42.6 Å². The quantitative estimate of drug-likeness (QED) is 0.508. The van der Waals surface area contributed by atoms with Crippen molar-refractivity contribution in [1.29, 1.82) is 0 Å². The normalized spacial score (nSPS) is 11.1. The minimum absolute atomic E-state index is 0.0246. The fraction of sp³-hybridized carbons (Fsp3) is 0.217. The molecule has 2 heterocycles. The van der Waals surface area contributed by atoms with Crippen molar-refractivity contribution in [2.75, 3.05) is 10.6 Å². The number of rotatable bonds is 5. The molecule has 7 nitrogen and oxygen atoms in total. The van der Waals surface area contributed by atoms with E-state index in [0.29, 0.717) is 12.1 Å². The number of aryl methyl sites for hydroxylation is 2. The highest BCUT2D eigenvalue weighted by molar-refractivity contribution is 5.94. The van der Waals surface area contributed by atoms with Gasteiger partial charge in [0.25, 0.3) is 0 Å². The molecule has 0 saturated carbocycles. The molecule has 0 atom stereocenters. The Kier molecular flexibility index (Phi) is 5.37. The molecular weight excluding hydrogens is 397 g/mol. The molecule has 158 valence electrons. The standard InChI is InChI=1S/C23H22FN5O2/c1-13-17(14(2)29-23(25-13)18-6-4-5-7-20(18)28-29)9-11-22(31)27-21-12-16(26-15(3)30)8-10-19(21)24/h4-8,10,12H,9,11H2,1-3H3,(H,26,30)(H,27,31). The Morgan fingerprint density at radius 3 is 2.65 bits per heavy atom. The highest BCUT2D eigenvalue weighted by atomic mass is 19.1. The van der Waals surface area contributed by atoms with Crippen LogP contribution in [0.15, 0.2) is 42.5 Å². The van der Waals surface area contributed by atoms with Crippen molar-refractivity contribution in [3.63, 3.8) is 0 Å². The van der Waals surface area contributed by atoms with Crippen LogP contribution in [-0.4, -0.2) is 26.4 Å². The maximum Gasteiger partial charge on any atom is 0.224 e. The molecule has 4 aromatic rings. The molecule has 0 fully saturated rings. The highest BCUT2D eigenvalue weighted by Crippen LogP contribution is 2.24. The van der Waals surface area contributed by atoms with E-state index in [4.69, 9.17) is 4.98 Å². The van der Waals surface area contributed by atoms with Gasteiger partial charge in [-0.05, 0) is 56.2 Å². The van der Waals surface area contributed by atoms with Crippen molar-refractivity contribution in [2.24, 2.45) is 0 Å². The molecule has 0 aliphatic heterocycles. The number of aromatic nitrogens is 3. The van der Waals surface area contributed by atoms with E-state index in [-0.39, 0.29) is 23.9 Å². The first-order valence-corrected chi connectivity index (χ1v) is 9.94. The second-order valence-electron chi connectivity index (χ2n) is 7.44. The first-order valence-electron chi connectivity index (χ1n) is 9.94. The van der Waals surface area contributed by atoms with Gasteiger partial charge < -0.3 is 10.6 Å². The molecule has 8 heteroatoms. The third-order valence-corrected chi connectivity index (χ3v) is 5.18. The summed E-state index contributed by atoms with van der Waals surface area (Å²) in [6, 6.07) is 11.9. The molecule has 2 amide bonds. The Bertz CT molecular complexity index is 1330. The average Bonchev–Trinajstić information content (AvgIpc) is 3.09. The van der Waals surface area contributed by atoms with E-state index in [9.17, 15) is 14.0 Å². The van der Waals surface area contributed by atoms with Gasteiger partial charge in [0, 0.05) is 35.8 Å². The smallest absolute Gasteiger partial charge is 0.224 e. The van der Waals surface area contributed by atoms with E-state index in [0.717, 1.165) is 33.5 Å². The number of fused-ring (bicyclic) bond motifs is 3. The van der Waals surface area contributed by atoms with Gasteiger partial charge in [0.15, 0.2) is 5.65 Å². The summed E-state index contributed by atoms with van der Waals surface area (Å²) in [6.45, 7) is 5.23. The predicted molar refractivity (Wildman–Crippen MR) is 118 cm³/mol. The molecule has 0 bridgehead atoms. The van der Waals surface area contributed by atoms with Gasteiger partial charge in [0.05, 0.1) is 11.2 Å². The Morgan fingerprint density at radius 2 is 1.87 bits per heavy atom. The zero-order chi connectivity index (χ0) is 22.1. The summed E-state index contributed by atoms with van der Waals surface area (Å²) in [4.78, 5) is 28.4. The van der Waals surface area contributed by atoms with Gasteiger partial charge in [0.2, 0.25) is 11.8 Å². The topological polar surface area (TPSA) is 88.4 Å². The second-order valence-corrected chi connectivity index (χ2v) is 7.44. The molecule has 4 rings (SSSR count). The Labute approximate surface area is 178 Å². The van der Waals surface area contributed by atoms with Gasteiger partial charge in [-0.25, -0.2) is 13.9 Å². The van der Waals surface area contributed by atoms with E-state index >= 15 is 0 Å². The average molecular weight is 419 g/mol. The number of hydrogen-bond acceptors (Lipinski definition) is 4. The number of nitrogens with one attached hydrogen (secondary N) is 2. The second kappa shape index (κ2) is 8.14. The fourth-order valence-electron chi connectivity index (χ4n) is 3.69. The summed E-state index contributed by atoms with van der Waals surface area (Å²) in [6.07, 6.45) is 0.592. The molecule has 0 spiro atoms. The summed E-state index contributed by atoms with van der Waals surface area (Å²) in [7, 11) is 0. The van der Waals surface area contributed by atoms with Crippen LogP contribution in [-0.2, 0) is 16.0 Å². The number of nitrogens with zero attached hydrogens (tertiary/aromatic N) is 3. The summed E-state index contributed by atoms with van der Waals surface area (Å²) < 4.78 is 15.9. The monoisotopic (exact) mass is 419 g/mol. The van der Waals surface area contributed by atoms with Gasteiger partial charge in [-0.2, -0.15) is 5.10 Å². The first-order chi connectivity index (χ1) is 14.8. The molecule has 0 saturated heterocycles. The van der Waals surface area contributed by atoms with Crippen LogP contribution in [0.25, 0.3) is 16.6 Å². The molecule has 2 aromatic heterocycles. The lowest BCUT2D eigenvalue weighted by molar-refractivity contribution is -0.116. The van der Waals surface area contributed by atoms with Crippen molar-refractivity contribution in [3.8, 4) is 0 Å². The van der Waals surface area contributed by atoms with E-state index in [1.54, 1.807) is 0 Å². The van der Waals surface area contributed by atoms with Crippen molar-refractivity contribution < 1.29 is 14.0 Å². The number of benzene rings is 2. The van der Waals surface area contributed by atoms with E-state index in [2.05, 4.69) is 15.7 Å². The van der Waals surface area contributed by atoms with Crippen molar-refractivity contribution in [1.82, 2.24) is 14.6 Å². The molecule has 0 unspecified atom stereocenters. The summed E-state index contributed by atoms with van der Waals surface area (Å²) in [5.41, 5.74) is 4.78. The van der Waals surface area contributed by atoms with Crippen LogP contribution in [0.2, 0.25) is 0 Å². The largest absolute Gasteiger partial charge is 0.326 e. The molecule has 0 aliphatic rings. The van der Waals surface area contributed by atoms with Gasteiger partial charge in [0.1, 0.15) is 5.82 Å². The van der Waals surface area contributed by atoms with Crippen LogP contribution >= 0.6 is 0 Å². The lowest BCUT2D eigenvalue weighted by atomic mass is 10.1. The van der Waals surface area contributed by atoms with Crippen LogP contribution < -0.4 is 10.6 Å². The number of hydrogen-bond donors (Lipinski definition) is 2. The number of carbonyl (C=O) groups is 2. The number of halogens is 1. The Balaban J connectivity index is 1.53. The number of amides is 2. The lowest BCUT2D eigenvalue weighted by Gasteiger charge is -2.12. The van der Waals surface area contributed by atoms with Crippen LogP contribution in [0.4, 0.5) is 15.8 Å². The van der Waals surface area contributed by atoms with E-state index < -0.39 is 5.82 Å². The third kappa shape index (κ3) is 4.09. The Hall–Kier alpha value is -3.81. The molecule has 31 heavy (non-hydrogen) atoms. The zero-order valence-electron chi connectivity index (χ0n) is 17.5. The van der Waals surface area contributed by atoms with Crippen molar-refractivity contribution in [2.45, 2.75) is 33.6 Å². The van der Waals surface area contributed by atoms with Crippen LogP contribution in [0, 0.1) is 19.7 Å². The lowest BCUT2D eigenvalue weighted by Crippen LogP contribution is -2.15. The van der Waals surface area contributed by atoms with E-state index in [1.165, 1.54) is 25.1 Å². The maximum atomic E-state index is 14.1. The van der Waals surface area contributed by atoms with Crippen molar-refractivity contribution in [3.05, 3.63) is 65.2 Å². The zero-order valence-corrected chi connectivity index (χ0v) is 17.5. The molecular formula is C23H22FN5O2. The number of anilines is 2. The van der Waals surface area contributed by atoms with Gasteiger partial charge in [-0.3, -0.25) is 9.59 Å². The summed E-state index contributed by atoms with van der Waals surface area (Å²) in [5.74, 6) is -1.17. The Morgan fingerprint density at radius 1 is 1.10 bits per heavy atom. The summed E-state index contributed by atoms with van der Waals surface area (Å²) >= 11 is 0. The SMILES string of the molecule is CC(=O)Nc1ccc(F)c(NC(=O)CCc2c(C)nc3c4ccccc4nn3c2C)c1. The molecule has 0 radical (unpaired) electrons. The first kappa shape index (κ1) is 20.5. The van der Waals surface area contributed by atoms with Gasteiger partial charge in [-0.15, -0.1) is 0 Å². The highest BCUT2D eigenvalue weighted by Gasteiger charge is 2.15. The fourth-order valence-corrected chi connectivity index (χ4v) is 3.69. The van der Waals surface area contributed by atoms with Crippen molar-refractivity contribution >= 4 is 39.7 Å². The predicted octanol–water partition coefficient (Wildman–Crippen LogP) is 4.17. The van der Waals surface area contributed by atoms with Gasteiger partial charge in [-0.1, -0.05) is 12.1 Å². The minimum atomic E-state index is -0.568. The van der Waals surface area contributed by atoms with Crippen LogP contribution in [0.1, 0.15) is 30.3 Å².